The molecule has 0 atom stereocenters. The molecule has 1 fully saturated rings. The van der Waals surface area contributed by atoms with Crippen molar-refractivity contribution in [3.8, 4) is 6.07 Å². The topological polar surface area (TPSA) is 61.2 Å². The van der Waals surface area contributed by atoms with Crippen LogP contribution in [0.5, 0.6) is 0 Å². The summed E-state index contributed by atoms with van der Waals surface area (Å²) in [6.45, 7) is 0.651. The molecule has 1 aliphatic heterocycles. The fourth-order valence-corrected chi connectivity index (χ4v) is 3.14. The Labute approximate surface area is 139 Å². The van der Waals surface area contributed by atoms with Gasteiger partial charge in [-0.25, -0.2) is 8.42 Å². The van der Waals surface area contributed by atoms with Crippen molar-refractivity contribution in [3.05, 3.63) is 34.7 Å². The Balaban J connectivity index is 2.09. The second-order valence-corrected chi connectivity index (χ2v) is 7.77. The summed E-state index contributed by atoms with van der Waals surface area (Å²) >= 11 is 0. The molecule has 8 heteroatoms. The molecule has 0 unspecified atom stereocenters. The predicted molar refractivity (Wildman–Crippen MR) is 85.9 cm³/mol. The standard InChI is InChI=1S/C16H17F3N2O2S/c1-24(22,23)15(11-20)10-12-2-4-14(5-3-12)21-8-6-13(7-9-21)16(17,18)19/h2-5,10,13H,6-9H2,1H3/b15-10-. The minimum atomic E-state index is -4.14. The van der Waals surface area contributed by atoms with Gasteiger partial charge in [-0.05, 0) is 36.6 Å². The number of nitriles is 1. The molecule has 0 bridgehead atoms. The van der Waals surface area contributed by atoms with Gasteiger partial charge in [0.15, 0.2) is 9.84 Å². The van der Waals surface area contributed by atoms with Crippen molar-refractivity contribution in [3.63, 3.8) is 0 Å². The third kappa shape index (κ3) is 4.51. The summed E-state index contributed by atoms with van der Waals surface area (Å²) < 4.78 is 60.8. The Morgan fingerprint density at radius 3 is 2.21 bits per heavy atom. The van der Waals surface area contributed by atoms with Crippen molar-refractivity contribution in [2.24, 2.45) is 5.92 Å². The van der Waals surface area contributed by atoms with Crippen LogP contribution in [0.3, 0.4) is 0 Å². The lowest BCUT2D eigenvalue weighted by Crippen LogP contribution is -2.38. The molecule has 0 amide bonds. The van der Waals surface area contributed by atoms with E-state index in [4.69, 9.17) is 5.26 Å². The maximum Gasteiger partial charge on any atom is 0.391 e. The highest BCUT2D eigenvalue weighted by Gasteiger charge is 2.41. The molecule has 4 nitrogen and oxygen atoms in total. The lowest BCUT2D eigenvalue weighted by atomic mass is 9.96. The number of nitrogens with zero attached hydrogens (tertiary/aromatic N) is 2. The molecule has 2 rings (SSSR count). The van der Waals surface area contributed by atoms with Gasteiger partial charge in [0.05, 0.1) is 5.92 Å². The van der Waals surface area contributed by atoms with E-state index in [9.17, 15) is 21.6 Å². The van der Waals surface area contributed by atoms with E-state index in [-0.39, 0.29) is 17.7 Å². The minimum Gasteiger partial charge on any atom is -0.372 e. The number of anilines is 1. The molecular formula is C16H17F3N2O2S. The minimum absolute atomic E-state index is 0.0673. The van der Waals surface area contributed by atoms with Crippen LogP contribution in [0.1, 0.15) is 18.4 Å². The van der Waals surface area contributed by atoms with Gasteiger partial charge in [-0.1, -0.05) is 12.1 Å². The van der Waals surface area contributed by atoms with E-state index in [0.717, 1.165) is 11.9 Å². The Kier molecular flexibility index (Phi) is 5.23. The number of alkyl halides is 3. The van der Waals surface area contributed by atoms with Gasteiger partial charge in [0.2, 0.25) is 0 Å². The number of benzene rings is 1. The molecule has 0 N–H and O–H groups in total. The molecule has 0 saturated carbocycles. The van der Waals surface area contributed by atoms with Crippen molar-refractivity contribution in [2.75, 3.05) is 24.2 Å². The van der Waals surface area contributed by atoms with Gasteiger partial charge in [0, 0.05) is 25.0 Å². The van der Waals surface area contributed by atoms with Gasteiger partial charge in [-0.15, -0.1) is 0 Å². The number of hydrogen-bond acceptors (Lipinski definition) is 4. The van der Waals surface area contributed by atoms with Crippen LogP contribution in [0.2, 0.25) is 0 Å². The normalized spacial score (nSPS) is 17.6. The lowest BCUT2D eigenvalue weighted by molar-refractivity contribution is -0.179. The Bertz CT molecular complexity index is 754. The molecular weight excluding hydrogens is 341 g/mol. The van der Waals surface area contributed by atoms with Gasteiger partial charge in [-0.2, -0.15) is 18.4 Å². The highest BCUT2D eigenvalue weighted by molar-refractivity contribution is 7.95. The molecule has 24 heavy (non-hydrogen) atoms. The maximum absolute atomic E-state index is 12.7. The molecule has 0 radical (unpaired) electrons. The first kappa shape index (κ1) is 18.3. The largest absolute Gasteiger partial charge is 0.391 e. The van der Waals surface area contributed by atoms with Crippen LogP contribution in [-0.2, 0) is 9.84 Å². The molecule has 1 aliphatic rings. The lowest BCUT2D eigenvalue weighted by Gasteiger charge is -2.34. The molecule has 130 valence electrons. The Morgan fingerprint density at radius 2 is 1.79 bits per heavy atom. The van der Waals surface area contributed by atoms with Crippen molar-refractivity contribution < 1.29 is 21.6 Å². The van der Waals surface area contributed by atoms with Crippen LogP contribution in [0.15, 0.2) is 29.2 Å². The van der Waals surface area contributed by atoms with Crippen LogP contribution < -0.4 is 4.90 Å². The summed E-state index contributed by atoms with van der Waals surface area (Å²) in [6.07, 6.45) is -1.77. The third-order valence-electron chi connectivity index (χ3n) is 4.02. The molecule has 1 heterocycles. The summed E-state index contributed by atoms with van der Waals surface area (Å²) in [7, 11) is -3.58. The van der Waals surface area contributed by atoms with Crippen LogP contribution >= 0.6 is 0 Å². The highest BCUT2D eigenvalue weighted by Crippen LogP contribution is 2.35. The van der Waals surface area contributed by atoms with Crippen molar-refractivity contribution in [1.82, 2.24) is 0 Å². The summed E-state index contributed by atoms with van der Waals surface area (Å²) in [6, 6.07) is 8.38. The third-order valence-corrected chi connectivity index (χ3v) is 5.03. The van der Waals surface area contributed by atoms with Crippen molar-refractivity contribution >= 4 is 21.6 Å². The van der Waals surface area contributed by atoms with E-state index < -0.39 is 21.9 Å². The number of allylic oxidation sites excluding steroid dienone is 1. The number of piperidine rings is 1. The maximum atomic E-state index is 12.7. The van der Waals surface area contributed by atoms with Crippen molar-refractivity contribution in [1.29, 1.82) is 5.26 Å². The fraction of sp³-hybridized carbons (Fsp3) is 0.438. The van der Waals surface area contributed by atoms with Crippen LogP contribution in [0.25, 0.3) is 6.08 Å². The average Bonchev–Trinajstić information content (AvgIpc) is 2.51. The number of sulfone groups is 1. The Hall–Kier alpha value is -2.01. The summed E-state index contributed by atoms with van der Waals surface area (Å²) in [4.78, 5) is 1.54. The predicted octanol–water partition coefficient (Wildman–Crippen LogP) is 3.37. The van der Waals surface area contributed by atoms with Crippen LogP contribution in [0, 0.1) is 17.2 Å². The molecule has 1 aromatic rings. The second-order valence-electron chi connectivity index (χ2n) is 5.79. The van der Waals surface area contributed by atoms with Crippen LogP contribution in [0.4, 0.5) is 18.9 Å². The first-order chi connectivity index (χ1) is 11.1. The number of rotatable bonds is 3. The quantitative estimate of drug-likeness (QED) is 0.777. The van der Waals surface area contributed by atoms with Gasteiger partial charge in [0.25, 0.3) is 0 Å². The zero-order valence-corrected chi connectivity index (χ0v) is 13.9. The smallest absolute Gasteiger partial charge is 0.372 e. The Morgan fingerprint density at radius 1 is 1.25 bits per heavy atom. The van der Waals surface area contributed by atoms with Crippen molar-refractivity contribution in [2.45, 2.75) is 19.0 Å². The first-order valence-corrected chi connectivity index (χ1v) is 9.24. The van der Waals surface area contributed by atoms with Gasteiger partial charge in [-0.3, -0.25) is 0 Å². The van der Waals surface area contributed by atoms with E-state index in [1.165, 1.54) is 6.08 Å². The number of halogens is 3. The molecule has 0 aromatic heterocycles. The van der Waals surface area contributed by atoms with E-state index in [2.05, 4.69) is 0 Å². The van der Waals surface area contributed by atoms with E-state index in [1.54, 1.807) is 30.3 Å². The van der Waals surface area contributed by atoms with E-state index in [1.807, 2.05) is 4.90 Å². The number of hydrogen-bond donors (Lipinski definition) is 0. The summed E-state index contributed by atoms with van der Waals surface area (Å²) in [5, 5.41) is 8.87. The SMILES string of the molecule is CS(=O)(=O)/C(C#N)=C\c1ccc(N2CCC(C(F)(F)F)CC2)cc1. The van der Waals surface area contributed by atoms with Gasteiger partial charge < -0.3 is 4.90 Å². The molecule has 1 saturated heterocycles. The highest BCUT2D eigenvalue weighted by atomic mass is 32.2. The van der Waals surface area contributed by atoms with E-state index in [0.29, 0.717) is 18.7 Å². The monoisotopic (exact) mass is 358 g/mol. The average molecular weight is 358 g/mol. The summed E-state index contributed by atoms with van der Waals surface area (Å²) in [5.41, 5.74) is 1.33. The van der Waals surface area contributed by atoms with Crippen LogP contribution in [-0.4, -0.2) is 33.9 Å². The van der Waals surface area contributed by atoms with Gasteiger partial charge in [0.1, 0.15) is 11.0 Å². The first-order valence-electron chi connectivity index (χ1n) is 7.35. The molecule has 0 aliphatic carbocycles. The molecule has 1 aromatic carbocycles. The molecule has 0 spiro atoms. The zero-order valence-electron chi connectivity index (χ0n) is 13.0. The van der Waals surface area contributed by atoms with Gasteiger partial charge >= 0.3 is 6.18 Å². The zero-order chi connectivity index (χ0) is 18.0. The fourth-order valence-electron chi connectivity index (χ4n) is 2.62. The second kappa shape index (κ2) is 6.85. The van der Waals surface area contributed by atoms with E-state index >= 15 is 0 Å². The summed E-state index contributed by atoms with van der Waals surface area (Å²) in [5.74, 6) is -1.25.